The van der Waals surface area contributed by atoms with Gasteiger partial charge in [-0.3, -0.25) is 9.48 Å². The maximum atomic E-state index is 13.5. The number of fused-ring (bicyclic) bond motifs is 5. The van der Waals surface area contributed by atoms with Crippen LogP contribution in [0.15, 0.2) is 55.0 Å². The average Bonchev–Trinajstić information content (AvgIpc) is 3.69. The van der Waals surface area contributed by atoms with Crippen molar-refractivity contribution in [1.29, 1.82) is 0 Å². The Morgan fingerprint density at radius 3 is 2.93 bits per heavy atom. The molecule has 4 heterocycles. The zero-order valence-corrected chi connectivity index (χ0v) is 24.0. The molecule has 2 aliphatic rings. The number of anilines is 2. The van der Waals surface area contributed by atoms with Gasteiger partial charge in [0.25, 0.3) is 0 Å². The molecular formula is C30H26ClFN6O3S. The standard InChI is InChI=1S/C30H26ClFN6O3S/c31-23-11-19(4-7-25(23)41-15-17-2-1-3-18(32)10-17)36-29-27-21-5-6-24-22(28(21)42-30(27)34-16-33-29)12-35-38(24)14-26(40)37-9-8-20(39)13-37/h1-4,7,10-12,16,20,39H,5-6,8-9,13-15H2,(H,33,34,36)/t20-/m0/s1. The van der Waals surface area contributed by atoms with Gasteiger partial charge < -0.3 is 20.1 Å². The number of aryl methyl sites for hydroxylation is 1. The first-order chi connectivity index (χ1) is 20.4. The van der Waals surface area contributed by atoms with Crippen molar-refractivity contribution in [3.63, 3.8) is 0 Å². The summed E-state index contributed by atoms with van der Waals surface area (Å²) < 4.78 is 21.1. The minimum atomic E-state index is -0.445. The molecule has 2 N–H and O–H groups in total. The summed E-state index contributed by atoms with van der Waals surface area (Å²) >= 11 is 8.12. The van der Waals surface area contributed by atoms with Crippen molar-refractivity contribution in [2.45, 2.75) is 38.5 Å². The second-order valence-corrected chi connectivity index (χ2v) is 11.9. The third-order valence-electron chi connectivity index (χ3n) is 7.67. The number of halogens is 2. The normalized spacial score (nSPS) is 16.0. The molecule has 2 aromatic carbocycles. The number of carbonyl (C=O) groups is 1. The van der Waals surface area contributed by atoms with Gasteiger partial charge in [-0.05, 0) is 60.7 Å². The summed E-state index contributed by atoms with van der Waals surface area (Å²) in [6.45, 7) is 1.32. The number of hydrogen-bond donors (Lipinski definition) is 2. The first-order valence-electron chi connectivity index (χ1n) is 13.6. The number of β-amino-alcohol motifs (C(OH)–C–C–N with tert-alkyl or cyclic N) is 1. The molecule has 214 valence electrons. The largest absolute Gasteiger partial charge is 0.487 e. The molecule has 1 fully saturated rings. The molecule has 42 heavy (non-hydrogen) atoms. The number of nitrogens with one attached hydrogen (secondary N) is 1. The number of benzene rings is 2. The number of hydrogen-bond acceptors (Lipinski definition) is 8. The number of amides is 1. The zero-order valence-electron chi connectivity index (χ0n) is 22.4. The van der Waals surface area contributed by atoms with Crippen molar-refractivity contribution in [1.82, 2.24) is 24.6 Å². The second-order valence-electron chi connectivity index (χ2n) is 10.4. The van der Waals surface area contributed by atoms with Crippen LogP contribution in [0, 0.1) is 5.82 Å². The molecule has 1 amide bonds. The molecule has 1 atom stereocenters. The molecule has 5 aromatic rings. The van der Waals surface area contributed by atoms with Gasteiger partial charge >= 0.3 is 0 Å². The van der Waals surface area contributed by atoms with Gasteiger partial charge in [0.1, 0.15) is 41.7 Å². The third kappa shape index (κ3) is 5.08. The van der Waals surface area contributed by atoms with Gasteiger partial charge in [-0.1, -0.05) is 23.7 Å². The van der Waals surface area contributed by atoms with E-state index in [1.807, 2.05) is 12.3 Å². The fraction of sp³-hybridized carbons (Fsp3) is 0.267. The van der Waals surface area contributed by atoms with E-state index in [1.54, 1.807) is 45.2 Å². The summed E-state index contributed by atoms with van der Waals surface area (Å²) in [5.41, 5.74) is 4.66. The molecule has 1 aliphatic heterocycles. The molecule has 0 saturated carbocycles. The monoisotopic (exact) mass is 604 g/mol. The number of aromatic nitrogens is 4. The predicted molar refractivity (Wildman–Crippen MR) is 159 cm³/mol. The van der Waals surface area contributed by atoms with Gasteiger partial charge in [0.2, 0.25) is 5.91 Å². The SMILES string of the molecule is O=C(Cn1ncc2c1CCc1c-2sc2ncnc(Nc3ccc(OCc4cccc(F)c4)c(Cl)c3)c12)N1CC[C@H](O)C1. The Labute approximate surface area is 249 Å². The lowest BCUT2D eigenvalue weighted by Crippen LogP contribution is -2.33. The number of ether oxygens (including phenoxy) is 1. The topological polar surface area (TPSA) is 105 Å². The number of aliphatic hydroxyl groups excluding tert-OH is 1. The lowest BCUT2D eigenvalue weighted by atomic mass is 9.95. The quantitative estimate of drug-likeness (QED) is 0.258. The summed E-state index contributed by atoms with van der Waals surface area (Å²) in [7, 11) is 0. The Morgan fingerprint density at radius 1 is 1.21 bits per heavy atom. The lowest BCUT2D eigenvalue weighted by molar-refractivity contribution is -0.131. The Hall–Kier alpha value is -4.06. The van der Waals surface area contributed by atoms with Crippen molar-refractivity contribution in [3.05, 3.63) is 82.6 Å². The highest BCUT2D eigenvalue weighted by atomic mass is 35.5. The summed E-state index contributed by atoms with van der Waals surface area (Å²) in [5, 5.41) is 19.1. The van der Waals surface area contributed by atoms with Gasteiger partial charge in [-0.2, -0.15) is 5.10 Å². The molecule has 9 nitrogen and oxygen atoms in total. The molecule has 1 aliphatic carbocycles. The summed E-state index contributed by atoms with van der Waals surface area (Å²) in [6.07, 6.45) is 5.05. The summed E-state index contributed by atoms with van der Waals surface area (Å²) in [4.78, 5) is 25.6. The number of likely N-dealkylation sites (tertiary alicyclic amines) is 1. The van der Waals surface area contributed by atoms with Crippen LogP contribution in [-0.4, -0.2) is 54.9 Å². The van der Waals surface area contributed by atoms with Crippen LogP contribution in [0.2, 0.25) is 5.02 Å². The van der Waals surface area contributed by atoms with E-state index >= 15 is 0 Å². The van der Waals surface area contributed by atoms with Crippen molar-refractivity contribution < 1.29 is 19.0 Å². The van der Waals surface area contributed by atoms with Crippen LogP contribution in [0.5, 0.6) is 5.75 Å². The Bertz CT molecular complexity index is 1820. The number of aliphatic hydroxyl groups is 1. The van der Waals surface area contributed by atoms with Crippen LogP contribution >= 0.6 is 22.9 Å². The number of thiophene rings is 1. The fourth-order valence-electron chi connectivity index (χ4n) is 5.60. The minimum Gasteiger partial charge on any atom is -0.487 e. The molecule has 0 unspecified atom stereocenters. The van der Waals surface area contributed by atoms with Gasteiger partial charge in [-0.15, -0.1) is 11.3 Å². The fourth-order valence-corrected chi connectivity index (χ4v) is 7.06. The van der Waals surface area contributed by atoms with E-state index in [-0.39, 0.29) is 24.9 Å². The Kier molecular flexibility index (Phi) is 7.01. The van der Waals surface area contributed by atoms with E-state index in [4.69, 9.17) is 16.3 Å². The van der Waals surface area contributed by atoms with E-state index in [2.05, 4.69) is 20.4 Å². The van der Waals surface area contributed by atoms with E-state index in [0.29, 0.717) is 41.7 Å². The molecule has 0 spiro atoms. The first-order valence-corrected chi connectivity index (χ1v) is 14.8. The van der Waals surface area contributed by atoms with Gasteiger partial charge in [0.05, 0.1) is 22.7 Å². The Balaban J connectivity index is 1.12. The molecule has 12 heteroatoms. The molecular weight excluding hydrogens is 579 g/mol. The molecule has 3 aromatic heterocycles. The highest BCUT2D eigenvalue weighted by molar-refractivity contribution is 7.22. The van der Waals surface area contributed by atoms with Crippen molar-refractivity contribution in [2.75, 3.05) is 18.4 Å². The van der Waals surface area contributed by atoms with Crippen LogP contribution in [0.25, 0.3) is 20.7 Å². The Morgan fingerprint density at radius 2 is 2.12 bits per heavy atom. The molecule has 7 rings (SSSR count). The highest BCUT2D eigenvalue weighted by Crippen LogP contribution is 2.45. The molecule has 0 radical (unpaired) electrons. The molecule has 0 bridgehead atoms. The van der Waals surface area contributed by atoms with Crippen LogP contribution in [-0.2, 0) is 30.8 Å². The number of rotatable bonds is 7. The van der Waals surface area contributed by atoms with Crippen LogP contribution < -0.4 is 10.1 Å². The minimum absolute atomic E-state index is 0.0269. The van der Waals surface area contributed by atoms with Crippen molar-refractivity contribution in [3.8, 4) is 16.2 Å². The smallest absolute Gasteiger partial charge is 0.244 e. The predicted octanol–water partition coefficient (Wildman–Crippen LogP) is 5.36. The van der Waals surface area contributed by atoms with Crippen LogP contribution in [0.4, 0.5) is 15.9 Å². The highest BCUT2D eigenvalue weighted by Gasteiger charge is 2.29. The second kappa shape index (κ2) is 11.0. The van der Waals surface area contributed by atoms with E-state index in [9.17, 15) is 14.3 Å². The van der Waals surface area contributed by atoms with Crippen molar-refractivity contribution in [2.24, 2.45) is 0 Å². The maximum Gasteiger partial charge on any atom is 0.244 e. The number of nitrogens with zero attached hydrogens (tertiary/aromatic N) is 5. The van der Waals surface area contributed by atoms with E-state index in [1.165, 1.54) is 18.5 Å². The summed E-state index contributed by atoms with van der Waals surface area (Å²) in [6, 6.07) is 11.7. The third-order valence-corrected chi connectivity index (χ3v) is 9.14. The molecule has 1 saturated heterocycles. The summed E-state index contributed by atoms with van der Waals surface area (Å²) in [5.74, 6) is 0.838. The van der Waals surface area contributed by atoms with E-state index in [0.717, 1.165) is 50.4 Å². The first kappa shape index (κ1) is 26.8. The van der Waals surface area contributed by atoms with Crippen LogP contribution in [0.1, 0.15) is 23.2 Å². The van der Waals surface area contributed by atoms with Crippen LogP contribution in [0.3, 0.4) is 0 Å². The van der Waals surface area contributed by atoms with Gasteiger partial charge in [-0.25, -0.2) is 14.4 Å². The van der Waals surface area contributed by atoms with Crippen molar-refractivity contribution >= 4 is 50.6 Å². The lowest BCUT2D eigenvalue weighted by Gasteiger charge is -2.18. The van der Waals surface area contributed by atoms with E-state index < -0.39 is 6.10 Å². The van der Waals surface area contributed by atoms with Gasteiger partial charge in [0, 0.05) is 34.9 Å². The number of carbonyl (C=O) groups excluding carboxylic acids is 1. The van der Waals surface area contributed by atoms with Gasteiger partial charge in [0.15, 0.2) is 0 Å². The average molecular weight is 605 g/mol. The zero-order chi connectivity index (χ0) is 28.8. The maximum absolute atomic E-state index is 13.5.